The van der Waals surface area contributed by atoms with Crippen LogP contribution in [0.5, 0.6) is 0 Å². The summed E-state index contributed by atoms with van der Waals surface area (Å²) in [5, 5.41) is 10.6. The first-order valence-electron chi connectivity index (χ1n) is 8.21. The van der Waals surface area contributed by atoms with Crippen molar-refractivity contribution in [1.29, 1.82) is 0 Å². The molecule has 0 fully saturated rings. The maximum Gasteiger partial charge on any atom is 0.338 e. The van der Waals surface area contributed by atoms with Crippen LogP contribution in [0.2, 0.25) is 0 Å². The Labute approximate surface area is 155 Å². The van der Waals surface area contributed by atoms with Crippen molar-refractivity contribution in [3.8, 4) is 0 Å². The summed E-state index contributed by atoms with van der Waals surface area (Å²) in [6, 6.07) is 18.9. The smallest absolute Gasteiger partial charge is 0.338 e. The fourth-order valence-electron chi connectivity index (χ4n) is 2.59. The molecule has 0 saturated carbocycles. The summed E-state index contributed by atoms with van der Waals surface area (Å²) in [4.78, 5) is 33.3. The molecule has 27 heavy (non-hydrogen) atoms. The van der Waals surface area contributed by atoms with Gasteiger partial charge in [0.25, 0.3) is 0 Å². The maximum atomic E-state index is 11.3. The highest BCUT2D eigenvalue weighted by molar-refractivity contribution is 6.03. The summed E-state index contributed by atoms with van der Waals surface area (Å²) in [6.07, 6.45) is 0. The number of fused-ring (bicyclic) bond motifs is 8. The number of ether oxygens (including phenoxy) is 2. The standard InChI is InChI=1S/C11H8O2.C10H8O4/c12-11(13)10-7-3-5-8-4-1-2-6-9(8)10;11-9-7-1-2-8(4-3-7)10(12)14-6-5-13-9/h1-7H,(H,12,13);1-4H,5-6H2. The summed E-state index contributed by atoms with van der Waals surface area (Å²) >= 11 is 0. The van der Waals surface area contributed by atoms with E-state index in [1.807, 2.05) is 30.3 Å². The van der Waals surface area contributed by atoms with E-state index in [9.17, 15) is 14.4 Å². The summed E-state index contributed by atoms with van der Waals surface area (Å²) in [7, 11) is 0. The van der Waals surface area contributed by atoms with E-state index in [1.54, 1.807) is 36.4 Å². The molecule has 3 aromatic rings. The summed E-state index contributed by atoms with van der Waals surface area (Å²) in [5.41, 5.74) is 1.25. The molecule has 0 unspecified atom stereocenters. The van der Waals surface area contributed by atoms with Crippen LogP contribution in [-0.4, -0.2) is 36.2 Å². The van der Waals surface area contributed by atoms with E-state index in [1.165, 1.54) is 0 Å². The number of hydrogen-bond donors (Lipinski definition) is 1. The Hall–Kier alpha value is -3.67. The van der Waals surface area contributed by atoms with E-state index in [2.05, 4.69) is 0 Å². The molecule has 0 saturated heterocycles. The van der Waals surface area contributed by atoms with Gasteiger partial charge in [-0.25, -0.2) is 14.4 Å². The van der Waals surface area contributed by atoms with Crippen LogP contribution in [0.3, 0.4) is 0 Å². The molecule has 0 aliphatic carbocycles. The highest BCUT2D eigenvalue weighted by Crippen LogP contribution is 2.18. The summed E-state index contributed by atoms with van der Waals surface area (Å²) in [5.74, 6) is -1.67. The van der Waals surface area contributed by atoms with Crippen LogP contribution in [-0.2, 0) is 9.47 Å². The third-order valence-electron chi connectivity index (χ3n) is 3.93. The van der Waals surface area contributed by atoms with Crippen molar-refractivity contribution in [3.63, 3.8) is 0 Å². The fourth-order valence-corrected chi connectivity index (χ4v) is 2.59. The number of carboxylic acid groups (broad SMARTS) is 1. The molecule has 0 amide bonds. The second-order valence-corrected chi connectivity index (χ2v) is 5.68. The molecular weight excluding hydrogens is 348 g/mol. The molecule has 3 aromatic carbocycles. The third kappa shape index (κ3) is 4.30. The van der Waals surface area contributed by atoms with Crippen molar-refractivity contribution in [2.45, 2.75) is 0 Å². The van der Waals surface area contributed by atoms with E-state index in [0.717, 1.165) is 10.8 Å². The first-order chi connectivity index (χ1) is 13.1. The zero-order valence-electron chi connectivity index (χ0n) is 14.3. The van der Waals surface area contributed by atoms with Crippen molar-refractivity contribution in [1.82, 2.24) is 0 Å². The molecule has 0 spiro atoms. The predicted molar refractivity (Wildman–Crippen MR) is 97.9 cm³/mol. The first kappa shape index (κ1) is 18.1. The van der Waals surface area contributed by atoms with Gasteiger partial charge in [0.2, 0.25) is 0 Å². The monoisotopic (exact) mass is 364 g/mol. The highest BCUT2D eigenvalue weighted by atomic mass is 16.6. The number of esters is 2. The van der Waals surface area contributed by atoms with Crippen LogP contribution in [0.25, 0.3) is 10.8 Å². The Bertz CT molecular complexity index is 949. The molecule has 6 heteroatoms. The van der Waals surface area contributed by atoms with Crippen LogP contribution in [0.4, 0.5) is 0 Å². The average Bonchev–Trinajstić information content (AvgIpc) is 2.70. The van der Waals surface area contributed by atoms with Crippen molar-refractivity contribution >= 4 is 28.7 Å². The number of carbonyl (C=O) groups excluding carboxylic acids is 2. The number of carbonyl (C=O) groups is 3. The molecule has 2 aliphatic heterocycles. The van der Waals surface area contributed by atoms with Gasteiger partial charge in [-0.05, 0) is 41.1 Å². The molecule has 0 atom stereocenters. The van der Waals surface area contributed by atoms with Gasteiger partial charge in [0, 0.05) is 0 Å². The lowest BCUT2D eigenvalue weighted by Crippen LogP contribution is -2.16. The molecular formula is C21H16O6. The minimum absolute atomic E-state index is 0.100. The van der Waals surface area contributed by atoms with Crippen molar-refractivity contribution < 1.29 is 29.0 Å². The van der Waals surface area contributed by atoms with Crippen LogP contribution in [0.15, 0.2) is 66.7 Å². The van der Waals surface area contributed by atoms with Gasteiger partial charge in [0.1, 0.15) is 13.2 Å². The topological polar surface area (TPSA) is 89.9 Å². The largest absolute Gasteiger partial charge is 0.478 e. The minimum atomic E-state index is -0.878. The Balaban J connectivity index is 0.000000156. The second-order valence-electron chi connectivity index (χ2n) is 5.68. The Morgan fingerprint density at radius 2 is 1.26 bits per heavy atom. The molecule has 0 radical (unpaired) electrons. The number of aromatic carboxylic acids is 1. The van der Waals surface area contributed by atoms with E-state index in [0.29, 0.717) is 16.7 Å². The van der Waals surface area contributed by atoms with E-state index in [-0.39, 0.29) is 13.2 Å². The zero-order chi connectivity index (χ0) is 19.2. The Morgan fingerprint density at radius 3 is 1.81 bits per heavy atom. The Morgan fingerprint density at radius 1 is 0.741 bits per heavy atom. The molecule has 1 N–H and O–H groups in total. The molecule has 5 rings (SSSR count). The summed E-state index contributed by atoms with van der Waals surface area (Å²) in [6.45, 7) is 0.200. The SMILES string of the molecule is O=C(O)c1cccc2ccccc12.O=C1OCCOC(=O)c2ccc1cc2. The minimum Gasteiger partial charge on any atom is -0.478 e. The molecule has 2 heterocycles. The maximum absolute atomic E-state index is 11.3. The van der Waals surface area contributed by atoms with Crippen molar-refractivity contribution in [2.24, 2.45) is 0 Å². The number of benzene rings is 3. The molecule has 136 valence electrons. The lowest BCUT2D eigenvalue weighted by Gasteiger charge is -2.09. The summed E-state index contributed by atoms with van der Waals surface area (Å²) < 4.78 is 9.66. The Kier molecular flexibility index (Phi) is 5.47. The average molecular weight is 364 g/mol. The highest BCUT2D eigenvalue weighted by Gasteiger charge is 2.13. The lowest BCUT2D eigenvalue weighted by atomic mass is 10.1. The number of rotatable bonds is 1. The molecule has 2 bridgehead atoms. The quantitative estimate of drug-likeness (QED) is 0.664. The molecule has 6 nitrogen and oxygen atoms in total. The first-order valence-corrected chi connectivity index (χ1v) is 8.21. The van der Waals surface area contributed by atoms with Gasteiger partial charge >= 0.3 is 17.9 Å². The lowest BCUT2D eigenvalue weighted by molar-refractivity contribution is 0.0260. The van der Waals surface area contributed by atoms with Crippen LogP contribution < -0.4 is 0 Å². The fraction of sp³-hybridized carbons (Fsp3) is 0.0952. The van der Waals surface area contributed by atoms with Gasteiger partial charge in [-0.2, -0.15) is 0 Å². The molecule has 2 aliphatic rings. The van der Waals surface area contributed by atoms with Crippen molar-refractivity contribution in [2.75, 3.05) is 13.2 Å². The predicted octanol–water partition coefficient (Wildman–Crippen LogP) is 3.55. The van der Waals surface area contributed by atoms with Crippen LogP contribution in [0.1, 0.15) is 31.1 Å². The van der Waals surface area contributed by atoms with Gasteiger partial charge in [0.15, 0.2) is 0 Å². The van der Waals surface area contributed by atoms with E-state index < -0.39 is 17.9 Å². The van der Waals surface area contributed by atoms with Crippen LogP contribution >= 0.6 is 0 Å². The molecule has 0 aromatic heterocycles. The van der Waals surface area contributed by atoms with Gasteiger partial charge < -0.3 is 14.6 Å². The van der Waals surface area contributed by atoms with Crippen LogP contribution in [0, 0.1) is 0 Å². The zero-order valence-corrected chi connectivity index (χ0v) is 14.3. The van der Waals surface area contributed by atoms with Gasteiger partial charge in [0.05, 0.1) is 16.7 Å². The van der Waals surface area contributed by atoms with Gasteiger partial charge in [-0.3, -0.25) is 0 Å². The van der Waals surface area contributed by atoms with Crippen molar-refractivity contribution in [3.05, 3.63) is 83.4 Å². The number of carboxylic acids is 1. The third-order valence-corrected chi connectivity index (χ3v) is 3.93. The second kappa shape index (κ2) is 8.14. The van der Waals surface area contributed by atoms with E-state index >= 15 is 0 Å². The van der Waals surface area contributed by atoms with E-state index in [4.69, 9.17) is 14.6 Å². The normalized spacial score (nSPS) is 13.2. The van der Waals surface area contributed by atoms with Gasteiger partial charge in [-0.15, -0.1) is 0 Å². The number of hydrogen-bond acceptors (Lipinski definition) is 5. The van der Waals surface area contributed by atoms with Gasteiger partial charge in [-0.1, -0.05) is 36.4 Å².